The van der Waals surface area contributed by atoms with Crippen molar-refractivity contribution >= 4 is 43.6 Å². The Bertz CT molecular complexity index is 1730. The number of hydrogen-bond donors (Lipinski definition) is 0. The molecule has 2 heterocycles. The summed E-state index contributed by atoms with van der Waals surface area (Å²) in [6.07, 6.45) is 0. The van der Waals surface area contributed by atoms with E-state index in [0.717, 1.165) is 0 Å². The molecule has 2 nitrogen and oxygen atoms in total. The van der Waals surface area contributed by atoms with Gasteiger partial charge in [-0.1, -0.05) is 97.1 Å². The summed E-state index contributed by atoms with van der Waals surface area (Å²) < 4.78 is 5.04. The SMILES string of the molecule is CC(C)(c1cccc(C(C)(C)n2c3ccccc3c3ccccc32)c1)n1c2ccccc2c2ccccc21. The predicted molar refractivity (Wildman–Crippen MR) is 162 cm³/mol. The van der Waals surface area contributed by atoms with Crippen LogP contribution in [0.15, 0.2) is 121 Å². The molecule has 7 rings (SSSR count). The average Bonchev–Trinajstić information content (AvgIpc) is 3.47. The predicted octanol–water partition coefficient (Wildman–Crippen LogP) is 9.47. The summed E-state index contributed by atoms with van der Waals surface area (Å²) in [6.45, 7) is 9.38. The number of benzene rings is 5. The van der Waals surface area contributed by atoms with Gasteiger partial charge < -0.3 is 9.13 Å². The summed E-state index contributed by atoms with van der Waals surface area (Å²) in [7, 11) is 0. The Morgan fingerprint density at radius 1 is 0.368 bits per heavy atom. The van der Waals surface area contributed by atoms with Crippen LogP contribution in [0.1, 0.15) is 38.8 Å². The number of nitrogens with zero attached hydrogens (tertiary/aromatic N) is 2. The molecule has 0 N–H and O–H groups in total. The van der Waals surface area contributed by atoms with Gasteiger partial charge in [-0.25, -0.2) is 0 Å². The molecule has 0 saturated carbocycles. The first-order valence-electron chi connectivity index (χ1n) is 13.5. The van der Waals surface area contributed by atoms with E-state index < -0.39 is 0 Å². The second-order valence-corrected chi connectivity index (χ2v) is 11.4. The summed E-state index contributed by atoms with van der Waals surface area (Å²) >= 11 is 0. The molecule has 0 aliphatic heterocycles. The minimum absolute atomic E-state index is 0.254. The van der Waals surface area contributed by atoms with Crippen LogP contribution in [0.25, 0.3) is 43.6 Å². The van der Waals surface area contributed by atoms with E-state index in [2.05, 4.69) is 158 Å². The smallest absolute Gasteiger partial charge is 0.0646 e. The monoisotopic (exact) mass is 492 g/mol. The van der Waals surface area contributed by atoms with Gasteiger partial charge in [-0.3, -0.25) is 0 Å². The van der Waals surface area contributed by atoms with Crippen molar-refractivity contribution in [1.29, 1.82) is 0 Å². The van der Waals surface area contributed by atoms with E-state index in [0.29, 0.717) is 0 Å². The molecule has 0 aliphatic rings. The normalized spacial score (nSPS) is 12.7. The highest BCUT2D eigenvalue weighted by molar-refractivity contribution is 6.09. The number of fused-ring (bicyclic) bond motifs is 6. The molecule has 2 heteroatoms. The van der Waals surface area contributed by atoms with Crippen LogP contribution in [0.5, 0.6) is 0 Å². The highest BCUT2D eigenvalue weighted by Crippen LogP contribution is 2.41. The Balaban J connectivity index is 1.44. The lowest BCUT2D eigenvalue weighted by Crippen LogP contribution is -2.30. The molecule has 38 heavy (non-hydrogen) atoms. The average molecular weight is 493 g/mol. The molecule has 186 valence electrons. The maximum Gasteiger partial charge on any atom is 0.0646 e. The number of aromatic nitrogens is 2. The van der Waals surface area contributed by atoms with Gasteiger partial charge in [0.1, 0.15) is 0 Å². The third-order valence-electron chi connectivity index (χ3n) is 8.55. The standard InChI is InChI=1S/C36H32N2/c1-35(2,37-31-20-9-5-16-27(31)28-17-6-10-21-32(28)37)25-14-13-15-26(24-25)36(3,4)38-33-22-11-7-18-29(33)30-19-8-12-23-34(30)38/h5-24H,1-4H3. The fourth-order valence-electron chi connectivity index (χ4n) is 6.59. The quantitative estimate of drug-likeness (QED) is 0.231. The Labute approximate surface area is 223 Å². The molecule has 0 atom stereocenters. The van der Waals surface area contributed by atoms with Crippen molar-refractivity contribution in [2.24, 2.45) is 0 Å². The summed E-state index contributed by atoms with van der Waals surface area (Å²) in [4.78, 5) is 0. The van der Waals surface area contributed by atoms with Crippen molar-refractivity contribution in [2.45, 2.75) is 38.8 Å². The van der Waals surface area contributed by atoms with Gasteiger partial charge in [0.2, 0.25) is 0 Å². The minimum atomic E-state index is -0.254. The van der Waals surface area contributed by atoms with E-state index in [-0.39, 0.29) is 11.1 Å². The van der Waals surface area contributed by atoms with E-state index in [9.17, 15) is 0 Å². The molecule has 0 amide bonds. The molecule has 0 radical (unpaired) electrons. The maximum absolute atomic E-state index is 2.52. The Hall–Kier alpha value is -4.30. The molecular formula is C36H32N2. The highest BCUT2D eigenvalue weighted by atomic mass is 15.1. The van der Waals surface area contributed by atoms with Crippen molar-refractivity contribution in [3.8, 4) is 0 Å². The largest absolute Gasteiger partial charge is 0.331 e. The van der Waals surface area contributed by atoms with Gasteiger partial charge in [0.15, 0.2) is 0 Å². The number of hydrogen-bond acceptors (Lipinski definition) is 0. The molecule has 5 aromatic carbocycles. The first-order chi connectivity index (χ1) is 18.4. The Morgan fingerprint density at radius 3 is 0.974 bits per heavy atom. The summed E-state index contributed by atoms with van der Waals surface area (Å²) in [5.41, 5.74) is 7.17. The molecule has 0 bridgehead atoms. The van der Waals surface area contributed by atoms with Crippen LogP contribution in [-0.2, 0) is 11.1 Å². The first kappa shape index (κ1) is 22.9. The van der Waals surface area contributed by atoms with Gasteiger partial charge in [-0.2, -0.15) is 0 Å². The molecule has 2 aromatic heterocycles. The number of para-hydroxylation sites is 4. The van der Waals surface area contributed by atoms with Crippen molar-refractivity contribution in [3.05, 3.63) is 132 Å². The van der Waals surface area contributed by atoms with Gasteiger partial charge in [-0.15, -0.1) is 0 Å². The number of rotatable bonds is 4. The summed E-state index contributed by atoms with van der Waals surface area (Å²) in [5.74, 6) is 0. The third kappa shape index (κ3) is 3.13. The van der Waals surface area contributed by atoms with Crippen molar-refractivity contribution in [2.75, 3.05) is 0 Å². The topological polar surface area (TPSA) is 9.86 Å². The second-order valence-electron chi connectivity index (χ2n) is 11.4. The lowest BCUT2D eigenvalue weighted by atomic mass is 9.86. The Kier molecular flexibility index (Phi) is 4.87. The van der Waals surface area contributed by atoms with Gasteiger partial charge in [-0.05, 0) is 63.1 Å². The fraction of sp³-hybridized carbons (Fsp3) is 0.167. The first-order valence-corrected chi connectivity index (χ1v) is 13.5. The van der Waals surface area contributed by atoms with Crippen LogP contribution in [-0.4, -0.2) is 9.13 Å². The van der Waals surface area contributed by atoms with Crippen LogP contribution >= 0.6 is 0 Å². The van der Waals surface area contributed by atoms with E-state index in [1.54, 1.807) is 0 Å². The van der Waals surface area contributed by atoms with Crippen LogP contribution in [0.4, 0.5) is 0 Å². The van der Waals surface area contributed by atoms with Gasteiger partial charge in [0.05, 0.1) is 11.1 Å². The molecule has 0 fully saturated rings. The Morgan fingerprint density at radius 2 is 0.658 bits per heavy atom. The lowest BCUT2D eigenvalue weighted by molar-refractivity contribution is 0.448. The molecule has 0 unspecified atom stereocenters. The molecule has 7 aromatic rings. The second kappa shape index (κ2) is 8.10. The van der Waals surface area contributed by atoms with Crippen molar-refractivity contribution in [3.63, 3.8) is 0 Å². The molecule has 0 spiro atoms. The van der Waals surface area contributed by atoms with Crippen molar-refractivity contribution in [1.82, 2.24) is 9.13 Å². The van der Waals surface area contributed by atoms with Gasteiger partial charge >= 0.3 is 0 Å². The van der Waals surface area contributed by atoms with Crippen LogP contribution in [0.3, 0.4) is 0 Å². The van der Waals surface area contributed by atoms with E-state index in [4.69, 9.17) is 0 Å². The zero-order valence-electron chi connectivity index (χ0n) is 22.4. The van der Waals surface area contributed by atoms with Gasteiger partial charge in [0.25, 0.3) is 0 Å². The summed E-state index contributed by atoms with van der Waals surface area (Å²) in [6, 6.07) is 44.4. The molecule has 0 saturated heterocycles. The van der Waals surface area contributed by atoms with Crippen molar-refractivity contribution < 1.29 is 0 Å². The zero-order valence-corrected chi connectivity index (χ0v) is 22.4. The lowest BCUT2D eigenvalue weighted by Gasteiger charge is -2.34. The summed E-state index contributed by atoms with van der Waals surface area (Å²) in [5, 5.41) is 5.21. The zero-order chi connectivity index (χ0) is 26.1. The van der Waals surface area contributed by atoms with E-state index >= 15 is 0 Å². The van der Waals surface area contributed by atoms with Gasteiger partial charge in [0, 0.05) is 43.6 Å². The third-order valence-corrected chi connectivity index (χ3v) is 8.55. The molecule has 0 aliphatic carbocycles. The fourth-order valence-corrected chi connectivity index (χ4v) is 6.59. The van der Waals surface area contributed by atoms with Crippen LogP contribution in [0.2, 0.25) is 0 Å². The molecular weight excluding hydrogens is 460 g/mol. The van der Waals surface area contributed by atoms with Crippen LogP contribution < -0.4 is 0 Å². The van der Waals surface area contributed by atoms with E-state index in [1.165, 1.54) is 54.7 Å². The highest BCUT2D eigenvalue weighted by Gasteiger charge is 2.31. The minimum Gasteiger partial charge on any atom is -0.331 e. The van der Waals surface area contributed by atoms with Crippen LogP contribution in [0, 0.1) is 0 Å². The maximum atomic E-state index is 2.52. The van der Waals surface area contributed by atoms with E-state index in [1.807, 2.05) is 0 Å².